The van der Waals surface area contributed by atoms with Gasteiger partial charge in [-0.05, 0) is 25.1 Å². The van der Waals surface area contributed by atoms with Gasteiger partial charge in [0.1, 0.15) is 5.82 Å². The van der Waals surface area contributed by atoms with E-state index in [2.05, 4.69) is 14.9 Å². The van der Waals surface area contributed by atoms with E-state index in [1.165, 1.54) is 0 Å². The van der Waals surface area contributed by atoms with Crippen molar-refractivity contribution in [3.05, 3.63) is 45.6 Å². The highest BCUT2D eigenvalue weighted by Crippen LogP contribution is 2.22. The summed E-state index contributed by atoms with van der Waals surface area (Å²) in [5, 5.41) is 0.930. The summed E-state index contributed by atoms with van der Waals surface area (Å²) < 4.78 is 0. The number of benzene rings is 1. The molecule has 0 aliphatic carbocycles. The number of nitrogens with zero attached hydrogens (tertiary/aromatic N) is 5. The number of halogens is 2. The van der Waals surface area contributed by atoms with Crippen LogP contribution in [0.15, 0.2) is 24.3 Å². The predicted octanol–water partition coefficient (Wildman–Crippen LogP) is 3.12. The molecule has 0 unspecified atom stereocenters. The molecule has 2 aromatic rings. The summed E-state index contributed by atoms with van der Waals surface area (Å²) in [4.78, 5) is 27.6. The number of hydrogen-bond acceptors (Lipinski definition) is 5. The molecule has 0 saturated carbocycles. The van der Waals surface area contributed by atoms with Gasteiger partial charge >= 0.3 is 0 Å². The van der Waals surface area contributed by atoms with Crippen molar-refractivity contribution in [2.45, 2.75) is 6.92 Å². The van der Waals surface area contributed by atoms with E-state index in [1.54, 1.807) is 18.2 Å². The Bertz CT molecular complexity index is 799. The second kappa shape index (κ2) is 7.68. The average molecular weight is 394 g/mol. The van der Waals surface area contributed by atoms with E-state index in [-0.39, 0.29) is 5.91 Å². The van der Waals surface area contributed by atoms with Crippen LogP contribution in [0.3, 0.4) is 0 Å². The first-order valence-corrected chi connectivity index (χ1v) is 9.12. The number of aromatic nitrogens is 2. The zero-order chi connectivity index (χ0) is 18.8. The molecule has 0 spiro atoms. The summed E-state index contributed by atoms with van der Waals surface area (Å²) in [5.74, 6) is 1.52. The number of anilines is 2. The third kappa shape index (κ3) is 4.19. The molecule has 1 saturated heterocycles. The Hall–Kier alpha value is -2.05. The quantitative estimate of drug-likeness (QED) is 0.801. The summed E-state index contributed by atoms with van der Waals surface area (Å²) in [6, 6.07) is 6.90. The van der Waals surface area contributed by atoms with Gasteiger partial charge in [0.25, 0.3) is 5.91 Å². The molecule has 2 heterocycles. The minimum atomic E-state index is -0.0538. The maximum Gasteiger partial charge on any atom is 0.254 e. The van der Waals surface area contributed by atoms with Gasteiger partial charge in [-0.2, -0.15) is 4.98 Å². The first-order valence-electron chi connectivity index (χ1n) is 8.37. The number of rotatable bonds is 3. The number of amides is 1. The van der Waals surface area contributed by atoms with Gasteiger partial charge in [-0.25, -0.2) is 4.98 Å². The molecule has 6 nitrogen and oxygen atoms in total. The lowest BCUT2D eigenvalue weighted by Crippen LogP contribution is -2.49. The number of aryl methyl sites for hydroxylation is 1. The van der Waals surface area contributed by atoms with Crippen LogP contribution in [0.25, 0.3) is 0 Å². The third-order valence-corrected chi connectivity index (χ3v) is 4.67. The Kier molecular flexibility index (Phi) is 5.53. The predicted molar refractivity (Wildman–Crippen MR) is 106 cm³/mol. The van der Waals surface area contributed by atoms with Crippen LogP contribution in [0.1, 0.15) is 16.1 Å². The standard InChI is InChI=1S/C18H21Cl2N5O/c1-12-8-16(22-18(21-12)23(2)3)24-4-6-25(7-5-24)17(26)13-9-14(19)11-15(20)10-13/h8-11H,4-7H2,1-3H3. The number of carbonyl (C=O) groups is 1. The van der Waals surface area contributed by atoms with Crippen molar-refractivity contribution < 1.29 is 4.79 Å². The summed E-state index contributed by atoms with van der Waals surface area (Å²) in [7, 11) is 3.84. The van der Waals surface area contributed by atoms with E-state index >= 15 is 0 Å². The molecule has 3 rings (SSSR count). The molecular weight excluding hydrogens is 373 g/mol. The largest absolute Gasteiger partial charge is 0.353 e. The summed E-state index contributed by atoms with van der Waals surface area (Å²) in [6.45, 7) is 4.61. The second-order valence-electron chi connectivity index (χ2n) is 6.50. The summed E-state index contributed by atoms with van der Waals surface area (Å²) in [5.41, 5.74) is 1.44. The fraction of sp³-hybridized carbons (Fsp3) is 0.389. The van der Waals surface area contributed by atoms with Crippen molar-refractivity contribution in [2.75, 3.05) is 50.1 Å². The molecular formula is C18H21Cl2N5O. The molecule has 1 fully saturated rings. The van der Waals surface area contributed by atoms with E-state index < -0.39 is 0 Å². The van der Waals surface area contributed by atoms with Crippen molar-refractivity contribution in [2.24, 2.45) is 0 Å². The van der Waals surface area contributed by atoms with Crippen LogP contribution in [0, 0.1) is 6.92 Å². The van der Waals surface area contributed by atoms with Gasteiger partial charge in [0.05, 0.1) is 0 Å². The highest BCUT2D eigenvalue weighted by atomic mass is 35.5. The molecule has 1 aliphatic rings. The van der Waals surface area contributed by atoms with E-state index in [9.17, 15) is 4.79 Å². The maximum atomic E-state index is 12.7. The van der Waals surface area contributed by atoms with Crippen LogP contribution in [0.5, 0.6) is 0 Å². The minimum absolute atomic E-state index is 0.0538. The molecule has 1 aliphatic heterocycles. The molecule has 1 aromatic heterocycles. The van der Waals surface area contributed by atoms with E-state index in [1.807, 2.05) is 36.9 Å². The van der Waals surface area contributed by atoms with Gasteiger partial charge in [-0.1, -0.05) is 23.2 Å². The van der Waals surface area contributed by atoms with Crippen LogP contribution in [-0.2, 0) is 0 Å². The zero-order valence-electron chi connectivity index (χ0n) is 15.0. The van der Waals surface area contributed by atoms with Crippen molar-refractivity contribution in [1.29, 1.82) is 0 Å². The van der Waals surface area contributed by atoms with Crippen LogP contribution in [0.2, 0.25) is 10.0 Å². The molecule has 1 amide bonds. The third-order valence-electron chi connectivity index (χ3n) is 4.23. The van der Waals surface area contributed by atoms with Gasteiger partial charge in [-0.3, -0.25) is 4.79 Å². The first-order chi connectivity index (χ1) is 12.3. The van der Waals surface area contributed by atoms with Crippen LogP contribution >= 0.6 is 23.2 Å². The van der Waals surface area contributed by atoms with Gasteiger partial charge in [0, 0.05) is 67.6 Å². The van der Waals surface area contributed by atoms with Crippen molar-refractivity contribution in [3.8, 4) is 0 Å². The van der Waals surface area contributed by atoms with Crippen molar-refractivity contribution in [3.63, 3.8) is 0 Å². The lowest BCUT2D eigenvalue weighted by atomic mass is 10.2. The maximum absolute atomic E-state index is 12.7. The fourth-order valence-corrected chi connectivity index (χ4v) is 3.42. The lowest BCUT2D eigenvalue weighted by Gasteiger charge is -2.35. The van der Waals surface area contributed by atoms with Crippen LogP contribution in [-0.4, -0.2) is 61.0 Å². The number of hydrogen-bond donors (Lipinski definition) is 0. The van der Waals surface area contributed by atoms with E-state index in [0.29, 0.717) is 47.7 Å². The van der Waals surface area contributed by atoms with Crippen molar-refractivity contribution in [1.82, 2.24) is 14.9 Å². The van der Waals surface area contributed by atoms with E-state index in [4.69, 9.17) is 23.2 Å². The Morgan fingerprint density at radius 1 is 1.00 bits per heavy atom. The highest BCUT2D eigenvalue weighted by molar-refractivity contribution is 6.35. The molecule has 0 atom stereocenters. The Morgan fingerprint density at radius 3 is 2.19 bits per heavy atom. The summed E-state index contributed by atoms with van der Waals surface area (Å²) >= 11 is 12.0. The molecule has 0 N–H and O–H groups in total. The normalized spacial score (nSPS) is 14.5. The lowest BCUT2D eigenvalue weighted by molar-refractivity contribution is 0.0746. The second-order valence-corrected chi connectivity index (χ2v) is 7.37. The Labute approximate surface area is 163 Å². The smallest absolute Gasteiger partial charge is 0.254 e. The molecule has 138 valence electrons. The number of carbonyl (C=O) groups excluding carboxylic acids is 1. The van der Waals surface area contributed by atoms with Crippen LogP contribution < -0.4 is 9.80 Å². The first kappa shape index (κ1) is 18.7. The van der Waals surface area contributed by atoms with Gasteiger partial charge in [-0.15, -0.1) is 0 Å². The van der Waals surface area contributed by atoms with E-state index in [0.717, 1.165) is 11.5 Å². The van der Waals surface area contributed by atoms with Gasteiger partial charge in [0.15, 0.2) is 0 Å². The molecule has 0 bridgehead atoms. The minimum Gasteiger partial charge on any atom is -0.353 e. The Morgan fingerprint density at radius 2 is 1.62 bits per heavy atom. The highest BCUT2D eigenvalue weighted by Gasteiger charge is 2.24. The average Bonchev–Trinajstić information content (AvgIpc) is 2.60. The van der Waals surface area contributed by atoms with Gasteiger partial charge in [0.2, 0.25) is 5.95 Å². The molecule has 8 heteroatoms. The van der Waals surface area contributed by atoms with Crippen molar-refractivity contribution >= 4 is 40.9 Å². The Balaban J connectivity index is 1.70. The molecule has 26 heavy (non-hydrogen) atoms. The van der Waals surface area contributed by atoms with Crippen LogP contribution in [0.4, 0.5) is 11.8 Å². The zero-order valence-corrected chi connectivity index (χ0v) is 16.5. The summed E-state index contributed by atoms with van der Waals surface area (Å²) in [6.07, 6.45) is 0. The molecule has 1 aromatic carbocycles. The monoisotopic (exact) mass is 393 g/mol. The number of piperazine rings is 1. The SMILES string of the molecule is Cc1cc(N2CCN(C(=O)c3cc(Cl)cc(Cl)c3)CC2)nc(N(C)C)n1. The topological polar surface area (TPSA) is 52.6 Å². The van der Waals surface area contributed by atoms with Gasteiger partial charge < -0.3 is 14.7 Å². The fourth-order valence-electron chi connectivity index (χ4n) is 2.90. The molecule has 0 radical (unpaired) electrons.